The maximum atomic E-state index is 12.3. The first-order valence-electron chi connectivity index (χ1n) is 7.21. The van der Waals surface area contributed by atoms with Gasteiger partial charge >= 0.3 is 0 Å². The zero-order valence-electron chi connectivity index (χ0n) is 11.8. The van der Waals surface area contributed by atoms with Gasteiger partial charge in [0, 0.05) is 25.7 Å². The molecule has 20 heavy (non-hydrogen) atoms. The third kappa shape index (κ3) is 2.84. The van der Waals surface area contributed by atoms with Gasteiger partial charge in [-0.05, 0) is 31.1 Å². The number of rotatable bonds is 3. The van der Waals surface area contributed by atoms with Crippen LogP contribution in [0.2, 0.25) is 0 Å². The zero-order chi connectivity index (χ0) is 14.4. The Morgan fingerprint density at radius 3 is 2.75 bits per heavy atom. The van der Waals surface area contributed by atoms with Crippen molar-refractivity contribution >= 4 is 15.9 Å². The summed E-state index contributed by atoms with van der Waals surface area (Å²) < 4.78 is 30.3. The van der Waals surface area contributed by atoms with Crippen molar-refractivity contribution < 1.29 is 17.9 Å². The molecule has 2 saturated heterocycles. The first kappa shape index (κ1) is 14.3. The Kier molecular flexibility index (Phi) is 3.54. The number of hydrogen-bond donors (Lipinski definition) is 1. The topological polar surface area (TPSA) is 75.7 Å². The van der Waals surface area contributed by atoms with Crippen molar-refractivity contribution in [3.63, 3.8) is 0 Å². The quantitative estimate of drug-likeness (QED) is 0.793. The second kappa shape index (κ2) is 4.96. The van der Waals surface area contributed by atoms with Crippen LogP contribution in [0.15, 0.2) is 0 Å². The monoisotopic (exact) mass is 302 g/mol. The molecule has 3 aliphatic rings. The fraction of sp³-hybridized carbons (Fsp3) is 0.923. The molecule has 0 aromatic rings. The van der Waals surface area contributed by atoms with Crippen molar-refractivity contribution in [2.24, 2.45) is 11.3 Å². The van der Waals surface area contributed by atoms with Gasteiger partial charge in [-0.15, -0.1) is 0 Å². The fourth-order valence-electron chi connectivity index (χ4n) is 3.82. The molecule has 0 unspecified atom stereocenters. The molecular weight excluding hydrogens is 280 g/mol. The molecule has 0 radical (unpaired) electrons. The van der Waals surface area contributed by atoms with Crippen molar-refractivity contribution in [1.29, 1.82) is 0 Å². The van der Waals surface area contributed by atoms with E-state index in [1.807, 2.05) is 4.90 Å². The van der Waals surface area contributed by atoms with Crippen LogP contribution >= 0.6 is 0 Å². The first-order valence-corrected chi connectivity index (χ1v) is 9.10. The fourth-order valence-corrected chi connectivity index (χ4v) is 4.59. The molecule has 0 bridgehead atoms. The van der Waals surface area contributed by atoms with Crippen LogP contribution in [-0.2, 0) is 19.6 Å². The largest absolute Gasteiger partial charge is 0.381 e. The highest BCUT2D eigenvalue weighted by molar-refractivity contribution is 7.88. The van der Waals surface area contributed by atoms with Gasteiger partial charge in [-0.2, -0.15) is 0 Å². The van der Waals surface area contributed by atoms with E-state index < -0.39 is 10.0 Å². The third-order valence-corrected chi connectivity index (χ3v) is 5.53. The molecule has 3 fully saturated rings. The molecule has 1 aliphatic carbocycles. The summed E-state index contributed by atoms with van der Waals surface area (Å²) in [4.78, 5) is 14.3. The summed E-state index contributed by atoms with van der Waals surface area (Å²) in [7, 11) is -3.12. The molecule has 114 valence electrons. The van der Waals surface area contributed by atoms with Gasteiger partial charge in [0.1, 0.15) is 0 Å². The van der Waals surface area contributed by atoms with Gasteiger partial charge in [0.25, 0.3) is 0 Å². The highest BCUT2D eigenvalue weighted by Crippen LogP contribution is 2.48. The van der Waals surface area contributed by atoms with E-state index in [0.29, 0.717) is 13.2 Å². The van der Waals surface area contributed by atoms with E-state index in [1.54, 1.807) is 0 Å². The summed E-state index contributed by atoms with van der Waals surface area (Å²) in [5.74, 6) is 0.258. The number of ether oxygens (including phenoxy) is 1. The van der Waals surface area contributed by atoms with Crippen LogP contribution in [0.3, 0.4) is 0 Å². The highest BCUT2D eigenvalue weighted by atomic mass is 32.2. The number of carbonyl (C=O) groups excluding carboxylic acids is 1. The van der Waals surface area contributed by atoms with Crippen LogP contribution < -0.4 is 4.72 Å². The number of likely N-dealkylation sites (tertiary alicyclic amines) is 1. The summed E-state index contributed by atoms with van der Waals surface area (Å²) in [5.41, 5.74) is 0.150. The molecule has 1 amide bonds. The average molecular weight is 302 g/mol. The highest BCUT2D eigenvalue weighted by Gasteiger charge is 2.50. The van der Waals surface area contributed by atoms with Crippen molar-refractivity contribution in [1.82, 2.24) is 9.62 Å². The normalized spacial score (nSPS) is 37.4. The molecule has 2 heterocycles. The van der Waals surface area contributed by atoms with Crippen LogP contribution in [0.25, 0.3) is 0 Å². The minimum atomic E-state index is -3.12. The number of carbonyl (C=O) groups is 1. The maximum Gasteiger partial charge on any atom is 0.228 e. The predicted octanol–water partition coefficient (Wildman–Crippen LogP) is -0.0468. The predicted molar refractivity (Wildman–Crippen MR) is 73.6 cm³/mol. The maximum absolute atomic E-state index is 12.3. The number of hydrogen-bond acceptors (Lipinski definition) is 4. The molecule has 0 aromatic carbocycles. The van der Waals surface area contributed by atoms with Crippen LogP contribution in [0.5, 0.6) is 0 Å². The van der Waals surface area contributed by atoms with Gasteiger partial charge in [0.15, 0.2) is 0 Å². The molecule has 3 rings (SSSR count). The molecule has 0 aromatic heterocycles. The Labute approximate surface area is 119 Å². The van der Waals surface area contributed by atoms with Crippen molar-refractivity contribution in [3.05, 3.63) is 0 Å². The Bertz CT molecular complexity index is 493. The van der Waals surface area contributed by atoms with E-state index >= 15 is 0 Å². The smallest absolute Gasteiger partial charge is 0.228 e. The van der Waals surface area contributed by atoms with Gasteiger partial charge in [-0.25, -0.2) is 13.1 Å². The number of amides is 1. The SMILES string of the molecule is CS(=O)(=O)NC1CC2(CCN(C(=O)[C@@H]3CCOC3)C2)C1. The van der Waals surface area contributed by atoms with E-state index in [0.717, 1.165) is 38.8 Å². The van der Waals surface area contributed by atoms with Gasteiger partial charge in [-0.1, -0.05) is 0 Å². The van der Waals surface area contributed by atoms with Gasteiger partial charge in [0.05, 0.1) is 18.8 Å². The van der Waals surface area contributed by atoms with Crippen LogP contribution in [-0.4, -0.2) is 57.8 Å². The van der Waals surface area contributed by atoms with Gasteiger partial charge < -0.3 is 9.64 Å². The third-order valence-electron chi connectivity index (χ3n) is 4.77. The number of nitrogens with zero attached hydrogens (tertiary/aromatic N) is 1. The standard InChI is InChI=1S/C13H22N2O4S/c1-20(17,18)14-11-6-13(7-11)3-4-15(9-13)12(16)10-2-5-19-8-10/h10-11,14H,2-9H2,1H3/t10-,11?,13?/m1/s1. The van der Waals surface area contributed by atoms with Crippen molar-refractivity contribution in [2.45, 2.75) is 31.7 Å². The minimum absolute atomic E-state index is 0.0372. The summed E-state index contributed by atoms with van der Waals surface area (Å²) in [6.07, 6.45) is 4.73. The first-order chi connectivity index (χ1) is 9.37. The van der Waals surface area contributed by atoms with E-state index in [2.05, 4.69) is 4.72 Å². The summed E-state index contributed by atoms with van der Waals surface area (Å²) in [6, 6.07) is 0.0508. The lowest BCUT2D eigenvalue weighted by Gasteiger charge is -2.45. The Morgan fingerprint density at radius 2 is 2.15 bits per heavy atom. The minimum Gasteiger partial charge on any atom is -0.381 e. The number of sulfonamides is 1. The molecule has 6 nitrogen and oxygen atoms in total. The van der Waals surface area contributed by atoms with Gasteiger partial charge in [0.2, 0.25) is 15.9 Å². The van der Waals surface area contributed by atoms with Crippen LogP contribution in [0.4, 0.5) is 0 Å². The Morgan fingerprint density at radius 1 is 1.40 bits per heavy atom. The lowest BCUT2D eigenvalue weighted by molar-refractivity contribution is -0.135. The molecule has 1 saturated carbocycles. The molecule has 1 atom stereocenters. The molecule has 1 spiro atoms. The van der Waals surface area contributed by atoms with Crippen molar-refractivity contribution in [3.8, 4) is 0 Å². The molecular formula is C13H22N2O4S. The Hall–Kier alpha value is -0.660. The zero-order valence-corrected chi connectivity index (χ0v) is 12.6. The average Bonchev–Trinajstić information content (AvgIpc) is 2.93. The van der Waals surface area contributed by atoms with E-state index in [-0.39, 0.29) is 23.3 Å². The Balaban J connectivity index is 1.52. The van der Waals surface area contributed by atoms with Crippen LogP contribution in [0, 0.1) is 11.3 Å². The number of nitrogens with one attached hydrogen (secondary N) is 1. The molecule has 7 heteroatoms. The lowest BCUT2D eigenvalue weighted by Crippen LogP contribution is -2.52. The van der Waals surface area contributed by atoms with E-state index in [4.69, 9.17) is 4.74 Å². The van der Waals surface area contributed by atoms with Gasteiger partial charge in [-0.3, -0.25) is 4.79 Å². The van der Waals surface area contributed by atoms with Crippen LogP contribution in [0.1, 0.15) is 25.7 Å². The van der Waals surface area contributed by atoms with Crippen molar-refractivity contribution in [2.75, 3.05) is 32.6 Å². The lowest BCUT2D eigenvalue weighted by atomic mass is 9.65. The summed E-state index contributed by atoms with van der Waals surface area (Å²) in [6.45, 7) is 2.83. The molecule has 1 N–H and O–H groups in total. The van der Waals surface area contributed by atoms with E-state index in [1.165, 1.54) is 6.26 Å². The molecule has 2 aliphatic heterocycles. The van der Waals surface area contributed by atoms with E-state index in [9.17, 15) is 13.2 Å². The summed E-state index contributed by atoms with van der Waals surface area (Å²) in [5, 5.41) is 0. The summed E-state index contributed by atoms with van der Waals surface area (Å²) >= 11 is 0. The second-order valence-corrected chi connectivity index (χ2v) is 8.35. The second-order valence-electron chi connectivity index (χ2n) is 6.57.